The molecule has 8 heteroatoms. The van der Waals surface area contributed by atoms with Gasteiger partial charge in [0.2, 0.25) is 0 Å². The average molecular weight is 461 g/mol. The molecule has 2 atom stereocenters. The first-order valence-corrected chi connectivity index (χ1v) is 11.2. The van der Waals surface area contributed by atoms with E-state index in [4.69, 9.17) is 4.74 Å². The van der Waals surface area contributed by atoms with Crippen LogP contribution in [0.2, 0.25) is 0 Å². The van der Waals surface area contributed by atoms with Gasteiger partial charge in [-0.05, 0) is 60.9 Å². The van der Waals surface area contributed by atoms with E-state index in [9.17, 15) is 18.8 Å². The molecule has 1 N–H and O–H groups in total. The van der Waals surface area contributed by atoms with E-state index in [1.54, 1.807) is 10.6 Å². The lowest BCUT2D eigenvalue weighted by Gasteiger charge is -2.42. The highest BCUT2D eigenvalue weighted by atomic mass is 19.1. The Morgan fingerprint density at radius 3 is 2.50 bits per heavy atom. The maximum absolute atomic E-state index is 13.1. The van der Waals surface area contributed by atoms with E-state index in [0.29, 0.717) is 25.4 Å². The Morgan fingerprint density at radius 2 is 1.74 bits per heavy atom. The van der Waals surface area contributed by atoms with Crippen LogP contribution >= 0.6 is 0 Å². The van der Waals surface area contributed by atoms with Crippen molar-refractivity contribution in [2.75, 3.05) is 25.0 Å². The zero-order chi connectivity index (χ0) is 23.7. The fourth-order valence-corrected chi connectivity index (χ4v) is 4.79. The van der Waals surface area contributed by atoms with Crippen LogP contribution < -0.4 is 15.6 Å². The second-order valence-electron chi connectivity index (χ2n) is 8.75. The molecule has 2 aromatic carbocycles. The number of carbonyl (C=O) groups is 2. The number of hydrogen-bond donors (Lipinski definition) is 1. The van der Waals surface area contributed by atoms with Gasteiger partial charge >= 0.3 is 0 Å². The molecule has 3 heterocycles. The minimum atomic E-state index is -0.469. The van der Waals surface area contributed by atoms with Crippen LogP contribution in [-0.2, 0) is 11.3 Å². The van der Waals surface area contributed by atoms with Crippen LogP contribution in [0, 0.1) is 11.7 Å². The lowest BCUT2D eigenvalue weighted by Crippen LogP contribution is -2.50. The highest BCUT2D eigenvalue weighted by molar-refractivity contribution is 6.04. The summed E-state index contributed by atoms with van der Waals surface area (Å²) in [6.07, 6.45) is 0.907. The molecule has 3 aromatic rings. The Bertz CT molecular complexity index is 1270. The molecule has 0 aliphatic carbocycles. The van der Waals surface area contributed by atoms with Crippen LogP contribution in [0.3, 0.4) is 0 Å². The number of fused-ring (bicyclic) bond motifs is 4. The minimum Gasteiger partial charge on any atom is -0.484 e. The third kappa shape index (κ3) is 4.44. The van der Waals surface area contributed by atoms with E-state index in [1.807, 2.05) is 41.3 Å². The summed E-state index contributed by atoms with van der Waals surface area (Å²) in [5.41, 5.74) is 1.05. The molecule has 0 spiro atoms. The summed E-state index contributed by atoms with van der Waals surface area (Å²) in [6, 6.07) is 17.8. The number of nitrogens with zero attached hydrogens (tertiary/aromatic N) is 2. The normalized spacial score (nSPS) is 18.7. The molecule has 7 nitrogen and oxygen atoms in total. The Hall–Kier alpha value is -3.94. The van der Waals surface area contributed by atoms with Crippen molar-refractivity contribution in [1.82, 2.24) is 9.47 Å². The number of anilines is 1. The highest BCUT2D eigenvalue weighted by Crippen LogP contribution is 2.35. The summed E-state index contributed by atoms with van der Waals surface area (Å²) in [6.45, 7) is 1.54. The van der Waals surface area contributed by atoms with E-state index in [2.05, 4.69) is 5.32 Å². The van der Waals surface area contributed by atoms with E-state index in [-0.39, 0.29) is 41.2 Å². The molecule has 2 amide bonds. The van der Waals surface area contributed by atoms with Crippen molar-refractivity contribution in [3.05, 3.63) is 94.2 Å². The number of hydrogen-bond acceptors (Lipinski definition) is 4. The largest absolute Gasteiger partial charge is 0.484 e. The number of rotatable bonds is 5. The van der Waals surface area contributed by atoms with Crippen LogP contribution in [-0.4, -0.2) is 41.0 Å². The topological polar surface area (TPSA) is 80.6 Å². The van der Waals surface area contributed by atoms with E-state index >= 15 is 0 Å². The Labute approximate surface area is 195 Å². The Kier molecular flexibility index (Phi) is 5.88. The van der Waals surface area contributed by atoms with Crippen LogP contribution in [0.5, 0.6) is 5.75 Å². The number of carbonyl (C=O) groups excluding carboxylic acids is 2. The number of likely N-dealkylation sites (tertiary alicyclic amines) is 1. The second kappa shape index (κ2) is 9.13. The SMILES string of the molecule is O=C(Nc1ccc2n(c1=O)C[C@@H]1C[C@@H]2CN(C(=O)COc2ccccc2)C1)c1ccc(F)cc1. The third-order valence-corrected chi connectivity index (χ3v) is 6.42. The van der Waals surface area contributed by atoms with Gasteiger partial charge in [0.15, 0.2) is 6.61 Å². The first-order valence-electron chi connectivity index (χ1n) is 11.2. The number of ether oxygens (including phenoxy) is 1. The summed E-state index contributed by atoms with van der Waals surface area (Å²) >= 11 is 0. The van der Waals surface area contributed by atoms with Gasteiger partial charge in [-0.3, -0.25) is 14.4 Å². The van der Waals surface area contributed by atoms with Gasteiger partial charge in [-0.2, -0.15) is 0 Å². The van der Waals surface area contributed by atoms with Crippen LogP contribution in [0.1, 0.15) is 28.4 Å². The molecule has 0 radical (unpaired) electrons. The first kappa shape index (κ1) is 21.9. The van der Waals surface area contributed by atoms with Gasteiger partial charge < -0.3 is 19.5 Å². The molecule has 1 aromatic heterocycles. The van der Waals surface area contributed by atoms with Crippen molar-refractivity contribution in [1.29, 1.82) is 0 Å². The molecule has 174 valence electrons. The van der Waals surface area contributed by atoms with Crippen molar-refractivity contribution in [3.8, 4) is 5.75 Å². The summed E-state index contributed by atoms with van der Waals surface area (Å²) < 4.78 is 20.5. The van der Waals surface area contributed by atoms with Crippen molar-refractivity contribution in [2.24, 2.45) is 5.92 Å². The number of amides is 2. The van der Waals surface area contributed by atoms with E-state index in [1.165, 1.54) is 24.3 Å². The lowest BCUT2D eigenvalue weighted by molar-refractivity contribution is -0.136. The smallest absolute Gasteiger partial charge is 0.274 e. The number of pyridine rings is 1. The maximum atomic E-state index is 13.1. The van der Waals surface area contributed by atoms with Gasteiger partial charge in [0, 0.05) is 36.8 Å². The summed E-state index contributed by atoms with van der Waals surface area (Å²) in [4.78, 5) is 40.2. The lowest BCUT2D eigenvalue weighted by atomic mass is 9.83. The molecule has 1 fully saturated rings. The molecule has 0 saturated carbocycles. The van der Waals surface area contributed by atoms with Crippen molar-refractivity contribution < 1.29 is 18.7 Å². The van der Waals surface area contributed by atoms with Gasteiger partial charge in [-0.25, -0.2) is 4.39 Å². The number of halogens is 1. The predicted octanol–water partition coefficient (Wildman–Crippen LogP) is 3.26. The quantitative estimate of drug-likeness (QED) is 0.633. The maximum Gasteiger partial charge on any atom is 0.274 e. The third-order valence-electron chi connectivity index (χ3n) is 6.42. The van der Waals surface area contributed by atoms with Crippen molar-refractivity contribution in [2.45, 2.75) is 18.9 Å². The van der Waals surface area contributed by atoms with Gasteiger partial charge in [0.05, 0.1) is 0 Å². The zero-order valence-electron chi connectivity index (χ0n) is 18.4. The zero-order valence-corrected chi connectivity index (χ0v) is 18.4. The fourth-order valence-electron chi connectivity index (χ4n) is 4.79. The number of aromatic nitrogens is 1. The molecule has 2 bridgehead atoms. The summed E-state index contributed by atoms with van der Waals surface area (Å²) in [7, 11) is 0. The van der Waals surface area contributed by atoms with Gasteiger partial charge in [0.1, 0.15) is 17.3 Å². The van der Waals surface area contributed by atoms with Crippen LogP contribution in [0.4, 0.5) is 10.1 Å². The van der Waals surface area contributed by atoms with Gasteiger partial charge in [0.25, 0.3) is 17.4 Å². The summed E-state index contributed by atoms with van der Waals surface area (Å²) in [5, 5.41) is 2.65. The van der Waals surface area contributed by atoms with Crippen molar-refractivity contribution >= 4 is 17.5 Å². The molecular formula is C26H24FN3O4. The molecule has 0 unspecified atom stereocenters. The number of para-hydroxylation sites is 1. The molecule has 5 rings (SSSR count). The predicted molar refractivity (Wildman–Crippen MR) is 124 cm³/mol. The Morgan fingerprint density at radius 1 is 0.971 bits per heavy atom. The molecule has 2 aliphatic rings. The second-order valence-corrected chi connectivity index (χ2v) is 8.75. The van der Waals surface area contributed by atoms with Gasteiger partial charge in [-0.15, -0.1) is 0 Å². The number of nitrogens with one attached hydrogen (secondary N) is 1. The van der Waals surface area contributed by atoms with Crippen molar-refractivity contribution in [3.63, 3.8) is 0 Å². The molecule has 34 heavy (non-hydrogen) atoms. The summed E-state index contributed by atoms with van der Waals surface area (Å²) in [5.74, 6) is -0.131. The standard InChI is InChI=1S/C26H24FN3O4/c27-20-8-6-18(7-9-20)25(32)28-22-10-11-23-19-12-17(14-30(23)26(22)33)13-29(15-19)24(31)16-34-21-4-2-1-3-5-21/h1-11,17,19H,12-16H2,(H,28,32)/t17-,19-/m1/s1. The van der Waals surface area contributed by atoms with Gasteiger partial charge in [-0.1, -0.05) is 18.2 Å². The number of benzene rings is 2. The molecule has 1 saturated heterocycles. The Balaban J connectivity index is 1.29. The van der Waals surface area contributed by atoms with Crippen LogP contribution in [0.25, 0.3) is 0 Å². The van der Waals surface area contributed by atoms with Crippen LogP contribution in [0.15, 0.2) is 71.5 Å². The molecule has 2 aliphatic heterocycles. The number of piperidine rings is 1. The average Bonchev–Trinajstić information content (AvgIpc) is 2.85. The minimum absolute atomic E-state index is 0.0232. The first-order chi connectivity index (χ1) is 16.5. The van der Waals surface area contributed by atoms with E-state index in [0.717, 1.165) is 12.1 Å². The molecular weight excluding hydrogens is 437 g/mol. The fraction of sp³-hybridized carbons (Fsp3) is 0.269. The monoisotopic (exact) mass is 461 g/mol. The van der Waals surface area contributed by atoms with E-state index < -0.39 is 11.7 Å². The highest BCUT2D eigenvalue weighted by Gasteiger charge is 2.36.